The van der Waals surface area contributed by atoms with Crippen LogP contribution in [0.25, 0.3) is 0 Å². The number of anilines is 1. The monoisotopic (exact) mass is 406 g/mol. The van der Waals surface area contributed by atoms with Crippen molar-refractivity contribution in [1.29, 1.82) is 0 Å². The van der Waals surface area contributed by atoms with E-state index < -0.39 is 21.7 Å². The highest BCUT2D eigenvalue weighted by Gasteiger charge is 2.16. The molecule has 152 valence electrons. The number of ether oxygens (including phenoxy) is 2. The van der Waals surface area contributed by atoms with Crippen molar-refractivity contribution in [1.82, 2.24) is 5.32 Å². The van der Waals surface area contributed by atoms with Gasteiger partial charge < -0.3 is 14.8 Å². The molecule has 0 aromatic heterocycles. The molecule has 0 atom stereocenters. The molecule has 0 bridgehead atoms. The Morgan fingerprint density at radius 1 is 1.07 bits per heavy atom. The van der Waals surface area contributed by atoms with Gasteiger partial charge in [0.25, 0.3) is 0 Å². The zero-order valence-electron chi connectivity index (χ0n) is 16.3. The molecule has 7 nitrogen and oxygen atoms in total. The lowest BCUT2D eigenvalue weighted by molar-refractivity contribution is -0.118. The van der Waals surface area contributed by atoms with E-state index in [0.717, 1.165) is 11.3 Å². The van der Waals surface area contributed by atoms with Gasteiger partial charge in [0.2, 0.25) is 15.9 Å². The van der Waals surface area contributed by atoms with Crippen molar-refractivity contribution in [2.45, 2.75) is 26.9 Å². The van der Waals surface area contributed by atoms with Crippen molar-refractivity contribution < 1.29 is 22.7 Å². The van der Waals surface area contributed by atoms with Crippen molar-refractivity contribution in [2.75, 3.05) is 23.6 Å². The standard InChI is InChI=1S/C20H26N2O5S/c1-15(2)27-18-10-8-17(9-11-18)22-28(24,25)14-20(23)21-12-13-26-19-7-5-4-6-16(19)3/h4-11,15,22H,12-14H2,1-3H3,(H,21,23). The molecule has 2 aromatic rings. The lowest BCUT2D eigenvalue weighted by Gasteiger charge is -2.12. The van der Waals surface area contributed by atoms with Gasteiger partial charge in [-0.15, -0.1) is 0 Å². The average Bonchev–Trinajstić information content (AvgIpc) is 2.60. The van der Waals surface area contributed by atoms with Gasteiger partial charge in [0, 0.05) is 5.69 Å². The van der Waals surface area contributed by atoms with E-state index in [1.165, 1.54) is 0 Å². The SMILES string of the molecule is Cc1ccccc1OCCNC(=O)CS(=O)(=O)Nc1ccc(OC(C)C)cc1. The molecule has 2 aromatic carbocycles. The van der Waals surface area contributed by atoms with Crippen molar-refractivity contribution in [2.24, 2.45) is 0 Å². The first-order valence-corrected chi connectivity index (χ1v) is 10.6. The summed E-state index contributed by atoms with van der Waals surface area (Å²) in [6.45, 7) is 6.20. The molecule has 0 aliphatic carbocycles. The number of benzene rings is 2. The maximum Gasteiger partial charge on any atom is 0.241 e. The van der Waals surface area contributed by atoms with Crippen LogP contribution in [-0.4, -0.2) is 39.3 Å². The van der Waals surface area contributed by atoms with Crippen molar-refractivity contribution in [3.8, 4) is 11.5 Å². The fourth-order valence-electron chi connectivity index (χ4n) is 2.38. The summed E-state index contributed by atoms with van der Waals surface area (Å²) in [7, 11) is -3.81. The van der Waals surface area contributed by atoms with E-state index in [4.69, 9.17) is 9.47 Å². The molecule has 1 amide bonds. The first-order valence-electron chi connectivity index (χ1n) is 8.97. The number of carbonyl (C=O) groups is 1. The van der Waals surface area contributed by atoms with E-state index in [1.54, 1.807) is 24.3 Å². The van der Waals surface area contributed by atoms with Crippen LogP contribution in [0, 0.1) is 6.92 Å². The predicted octanol–water partition coefficient (Wildman–Crippen LogP) is 2.72. The molecule has 0 saturated carbocycles. The molecule has 0 radical (unpaired) electrons. The molecule has 0 aliphatic heterocycles. The average molecular weight is 407 g/mol. The van der Waals surface area contributed by atoms with Crippen molar-refractivity contribution in [3.05, 3.63) is 54.1 Å². The first kappa shape index (κ1) is 21.6. The molecular weight excluding hydrogens is 380 g/mol. The highest BCUT2D eigenvalue weighted by molar-refractivity contribution is 7.93. The molecule has 0 spiro atoms. The van der Waals surface area contributed by atoms with Gasteiger partial charge in [-0.25, -0.2) is 8.42 Å². The lowest BCUT2D eigenvalue weighted by Crippen LogP contribution is -2.35. The summed E-state index contributed by atoms with van der Waals surface area (Å²) in [6, 6.07) is 14.0. The number of rotatable bonds is 10. The van der Waals surface area contributed by atoms with Crippen LogP contribution in [0.3, 0.4) is 0 Å². The zero-order chi connectivity index (χ0) is 20.6. The smallest absolute Gasteiger partial charge is 0.241 e. The van der Waals surface area contributed by atoms with Crippen LogP contribution in [0.4, 0.5) is 5.69 Å². The minimum atomic E-state index is -3.81. The summed E-state index contributed by atoms with van der Waals surface area (Å²) in [4.78, 5) is 11.9. The van der Waals surface area contributed by atoms with Gasteiger partial charge >= 0.3 is 0 Å². The second-order valence-electron chi connectivity index (χ2n) is 6.52. The minimum absolute atomic E-state index is 0.0287. The normalized spacial score (nSPS) is 11.1. The summed E-state index contributed by atoms with van der Waals surface area (Å²) < 4.78 is 37.7. The Kier molecular flexibility index (Phi) is 7.69. The molecule has 28 heavy (non-hydrogen) atoms. The van der Waals surface area contributed by atoms with Gasteiger partial charge in [-0.3, -0.25) is 9.52 Å². The Balaban J connectivity index is 1.76. The van der Waals surface area contributed by atoms with Crippen LogP contribution in [0.5, 0.6) is 11.5 Å². The number of aryl methyl sites for hydroxylation is 1. The van der Waals surface area contributed by atoms with E-state index in [-0.39, 0.29) is 19.3 Å². The molecule has 2 N–H and O–H groups in total. The number of sulfonamides is 1. The van der Waals surface area contributed by atoms with Gasteiger partial charge in [-0.2, -0.15) is 0 Å². The Bertz CT molecular complexity index is 880. The lowest BCUT2D eigenvalue weighted by atomic mass is 10.2. The van der Waals surface area contributed by atoms with E-state index in [9.17, 15) is 13.2 Å². The predicted molar refractivity (Wildman–Crippen MR) is 109 cm³/mol. The number of hydrogen-bond acceptors (Lipinski definition) is 5. The second-order valence-corrected chi connectivity index (χ2v) is 8.24. The fraction of sp³-hybridized carbons (Fsp3) is 0.350. The summed E-state index contributed by atoms with van der Waals surface area (Å²) in [5.41, 5.74) is 1.36. The Morgan fingerprint density at radius 2 is 1.75 bits per heavy atom. The third-order valence-electron chi connectivity index (χ3n) is 3.60. The number of amides is 1. The molecule has 0 unspecified atom stereocenters. The van der Waals surface area contributed by atoms with Crippen LogP contribution in [0.15, 0.2) is 48.5 Å². The van der Waals surface area contributed by atoms with Gasteiger partial charge in [-0.05, 0) is 56.7 Å². The molecular formula is C20H26N2O5S. The van der Waals surface area contributed by atoms with Crippen molar-refractivity contribution in [3.63, 3.8) is 0 Å². The maximum atomic E-state index is 12.1. The molecule has 0 aliphatic rings. The quantitative estimate of drug-likeness (QED) is 0.592. The third-order valence-corrected chi connectivity index (χ3v) is 4.78. The molecule has 0 fully saturated rings. The third kappa shape index (κ3) is 7.48. The van der Waals surface area contributed by atoms with Crippen LogP contribution in [0.1, 0.15) is 19.4 Å². The largest absolute Gasteiger partial charge is 0.491 e. The summed E-state index contributed by atoms with van der Waals surface area (Å²) >= 11 is 0. The number of carbonyl (C=O) groups excluding carboxylic acids is 1. The van der Waals surface area contributed by atoms with Crippen LogP contribution >= 0.6 is 0 Å². The zero-order valence-corrected chi connectivity index (χ0v) is 17.1. The van der Waals surface area contributed by atoms with E-state index in [0.29, 0.717) is 11.4 Å². The maximum absolute atomic E-state index is 12.1. The number of nitrogens with one attached hydrogen (secondary N) is 2. The van der Waals surface area contributed by atoms with Gasteiger partial charge in [0.1, 0.15) is 23.9 Å². The highest BCUT2D eigenvalue weighted by atomic mass is 32.2. The van der Waals surface area contributed by atoms with Crippen LogP contribution in [0.2, 0.25) is 0 Å². The summed E-state index contributed by atoms with van der Waals surface area (Å²) in [6.07, 6.45) is 0.0287. The number of hydrogen-bond donors (Lipinski definition) is 2. The Morgan fingerprint density at radius 3 is 2.39 bits per heavy atom. The summed E-state index contributed by atoms with van der Waals surface area (Å²) in [5.74, 6) is 0.114. The Labute approximate surface area is 166 Å². The minimum Gasteiger partial charge on any atom is -0.491 e. The van der Waals surface area contributed by atoms with Crippen LogP contribution < -0.4 is 19.5 Å². The van der Waals surface area contributed by atoms with Crippen molar-refractivity contribution >= 4 is 21.6 Å². The van der Waals surface area contributed by atoms with Gasteiger partial charge in [-0.1, -0.05) is 18.2 Å². The Hall–Kier alpha value is -2.74. The van der Waals surface area contributed by atoms with E-state index >= 15 is 0 Å². The molecule has 2 rings (SSSR count). The number of para-hydroxylation sites is 1. The molecule has 8 heteroatoms. The topological polar surface area (TPSA) is 93.7 Å². The highest BCUT2D eigenvalue weighted by Crippen LogP contribution is 2.18. The van der Waals surface area contributed by atoms with Gasteiger partial charge in [0.15, 0.2) is 0 Å². The van der Waals surface area contributed by atoms with E-state index in [2.05, 4.69) is 10.0 Å². The first-order chi connectivity index (χ1) is 13.2. The van der Waals surface area contributed by atoms with Crippen LogP contribution in [-0.2, 0) is 14.8 Å². The fourth-order valence-corrected chi connectivity index (χ4v) is 3.40. The molecule has 0 heterocycles. The summed E-state index contributed by atoms with van der Waals surface area (Å²) in [5, 5.41) is 2.54. The van der Waals surface area contributed by atoms with E-state index in [1.807, 2.05) is 45.0 Å². The molecule has 0 saturated heterocycles. The van der Waals surface area contributed by atoms with Gasteiger partial charge in [0.05, 0.1) is 12.6 Å². The second kappa shape index (κ2) is 9.98.